The zero-order valence-electron chi connectivity index (χ0n) is 19.5. The SMILES string of the molecule is Cc1ccc([C@@]2(C)C(C)(C)[C@]2(C)CN2CCN(c3ccc(C)cc3C)CC2)cc1. The molecule has 0 aromatic heterocycles. The maximum absolute atomic E-state index is 2.71. The Balaban J connectivity index is 1.45. The van der Waals surface area contributed by atoms with Crippen molar-refractivity contribution in [3.63, 3.8) is 0 Å². The molecule has 2 fully saturated rings. The highest BCUT2D eigenvalue weighted by atomic mass is 15.3. The summed E-state index contributed by atoms with van der Waals surface area (Å²) in [4.78, 5) is 5.28. The van der Waals surface area contributed by atoms with Gasteiger partial charge in [-0.3, -0.25) is 4.90 Å². The van der Waals surface area contributed by atoms with Gasteiger partial charge in [0.25, 0.3) is 0 Å². The van der Waals surface area contributed by atoms with Crippen LogP contribution in [0.3, 0.4) is 0 Å². The van der Waals surface area contributed by atoms with Gasteiger partial charge in [-0.15, -0.1) is 0 Å². The van der Waals surface area contributed by atoms with Crippen LogP contribution in [0.15, 0.2) is 42.5 Å². The predicted octanol–water partition coefficient (Wildman–Crippen LogP) is 5.74. The van der Waals surface area contributed by atoms with Crippen LogP contribution in [0.5, 0.6) is 0 Å². The number of aryl methyl sites for hydroxylation is 3. The molecular formula is C27H38N2. The minimum Gasteiger partial charge on any atom is -0.369 e. The number of anilines is 1. The molecule has 2 nitrogen and oxygen atoms in total. The molecule has 156 valence electrons. The summed E-state index contributed by atoms with van der Waals surface area (Å²) < 4.78 is 0. The van der Waals surface area contributed by atoms with Gasteiger partial charge in [0, 0.05) is 43.8 Å². The first-order valence-electron chi connectivity index (χ1n) is 11.2. The van der Waals surface area contributed by atoms with E-state index in [1.165, 1.54) is 34.5 Å². The normalized spacial score (nSPS) is 29.1. The number of hydrogen-bond acceptors (Lipinski definition) is 2. The molecule has 2 heteroatoms. The third-order valence-corrected chi connectivity index (χ3v) is 8.90. The second-order valence-electron chi connectivity index (χ2n) is 10.5. The van der Waals surface area contributed by atoms with E-state index in [0.717, 1.165) is 26.2 Å². The standard InChI is InChI=1S/C27H38N2/c1-20-8-11-23(12-9-20)27(7)25(4,5)26(27,6)19-28-14-16-29(17-15-28)24-13-10-21(2)18-22(24)3/h8-13,18H,14-17,19H2,1-7H3/t26-,27-/m0/s1. The van der Waals surface area contributed by atoms with Crippen molar-refractivity contribution in [2.75, 3.05) is 37.6 Å². The summed E-state index contributed by atoms with van der Waals surface area (Å²) in [7, 11) is 0. The average molecular weight is 391 g/mol. The molecule has 0 spiro atoms. The Morgan fingerprint density at radius 2 is 1.34 bits per heavy atom. The zero-order chi connectivity index (χ0) is 21.0. The van der Waals surface area contributed by atoms with Crippen LogP contribution in [0.4, 0.5) is 5.69 Å². The van der Waals surface area contributed by atoms with E-state index in [4.69, 9.17) is 0 Å². The van der Waals surface area contributed by atoms with E-state index in [0.29, 0.717) is 10.8 Å². The third-order valence-electron chi connectivity index (χ3n) is 8.90. The second kappa shape index (κ2) is 6.87. The topological polar surface area (TPSA) is 6.48 Å². The van der Waals surface area contributed by atoms with Crippen molar-refractivity contribution >= 4 is 5.69 Å². The Labute approximate surface area is 177 Å². The van der Waals surface area contributed by atoms with Crippen LogP contribution in [0.2, 0.25) is 0 Å². The molecule has 0 amide bonds. The molecule has 2 atom stereocenters. The molecule has 4 rings (SSSR count). The van der Waals surface area contributed by atoms with Gasteiger partial charge in [-0.25, -0.2) is 0 Å². The highest BCUT2D eigenvalue weighted by Gasteiger charge is 2.77. The maximum atomic E-state index is 2.71. The summed E-state index contributed by atoms with van der Waals surface area (Å²) in [6, 6.07) is 16.1. The Morgan fingerprint density at radius 1 is 0.759 bits per heavy atom. The molecular weight excluding hydrogens is 352 g/mol. The zero-order valence-corrected chi connectivity index (χ0v) is 19.5. The Morgan fingerprint density at radius 3 is 1.93 bits per heavy atom. The lowest BCUT2D eigenvalue weighted by Gasteiger charge is -2.39. The predicted molar refractivity (Wildman–Crippen MR) is 125 cm³/mol. The number of benzene rings is 2. The largest absolute Gasteiger partial charge is 0.369 e. The Kier molecular flexibility index (Phi) is 4.85. The highest BCUT2D eigenvalue weighted by Crippen LogP contribution is 2.78. The molecule has 0 radical (unpaired) electrons. The Hall–Kier alpha value is -1.80. The summed E-state index contributed by atoms with van der Waals surface area (Å²) in [5, 5.41) is 0. The van der Waals surface area contributed by atoms with Crippen LogP contribution in [-0.4, -0.2) is 37.6 Å². The van der Waals surface area contributed by atoms with Gasteiger partial charge in [0.15, 0.2) is 0 Å². The van der Waals surface area contributed by atoms with Crippen molar-refractivity contribution in [1.82, 2.24) is 4.90 Å². The van der Waals surface area contributed by atoms with Gasteiger partial charge in [-0.2, -0.15) is 0 Å². The second-order valence-corrected chi connectivity index (χ2v) is 10.5. The summed E-state index contributed by atoms with van der Waals surface area (Å²) in [5.74, 6) is 0. The van der Waals surface area contributed by atoms with Crippen LogP contribution in [-0.2, 0) is 5.41 Å². The lowest BCUT2D eigenvalue weighted by molar-refractivity contribution is 0.190. The van der Waals surface area contributed by atoms with Crippen molar-refractivity contribution < 1.29 is 0 Å². The molecule has 0 N–H and O–H groups in total. The van der Waals surface area contributed by atoms with Crippen LogP contribution in [0.25, 0.3) is 0 Å². The van der Waals surface area contributed by atoms with E-state index in [1.54, 1.807) is 0 Å². The summed E-state index contributed by atoms with van der Waals surface area (Å²) in [6.07, 6.45) is 0. The van der Waals surface area contributed by atoms with Crippen LogP contribution in [0, 0.1) is 31.6 Å². The lowest BCUT2D eigenvalue weighted by Crippen LogP contribution is -2.48. The smallest absolute Gasteiger partial charge is 0.0396 e. The number of nitrogens with zero attached hydrogens (tertiary/aromatic N) is 2. The molecule has 1 saturated carbocycles. The van der Waals surface area contributed by atoms with Crippen LogP contribution >= 0.6 is 0 Å². The van der Waals surface area contributed by atoms with Gasteiger partial charge in [0.1, 0.15) is 0 Å². The van der Waals surface area contributed by atoms with Crippen molar-refractivity contribution in [2.45, 2.75) is 53.9 Å². The Bertz CT molecular complexity index is 889. The summed E-state index contributed by atoms with van der Waals surface area (Å²) >= 11 is 0. The molecule has 1 aliphatic heterocycles. The van der Waals surface area contributed by atoms with E-state index < -0.39 is 0 Å². The van der Waals surface area contributed by atoms with Gasteiger partial charge in [-0.05, 0) is 48.8 Å². The van der Waals surface area contributed by atoms with Gasteiger partial charge in [-0.1, -0.05) is 75.2 Å². The van der Waals surface area contributed by atoms with Crippen molar-refractivity contribution in [3.8, 4) is 0 Å². The van der Waals surface area contributed by atoms with Crippen molar-refractivity contribution in [3.05, 3.63) is 64.7 Å². The minimum absolute atomic E-state index is 0.235. The molecule has 1 saturated heterocycles. The molecule has 1 aliphatic carbocycles. The van der Waals surface area contributed by atoms with Crippen LogP contribution < -0.4 is 4.90 Å². The minimum atomic E-state index is 0.235. The van der Waals surface area contributed by atoms with E-state index in [2.05, 4.69) is 101 Å². The monoisotopic (exact) mass is 390 g/mol. The number of piperazine rings is 1. The van der Waals surface area contributed by atoms with E-state index in [9.17, 15) is 0 Å². The fraction of sp³-hybridized carbons (Fsp3) is 0.556. The fourth-order valence-electron chi connectivity index (χ4n) is 6.12. The molecule has 2 aromatic carbocycles. The average Bonchev–Trinajstić information content (AvgIpc) is 3.02. The molecule has 0 unspecified atom stereocenters. The van der Waals surface area contributed by atoms with E-state index in [1.807, 2.05) is 0 Å². The first-order chi connectivity index (χ1) is 13.6. The third kappa shape index (κ3) is 3.03. The first-order valence-corrected chi connectivity index (χ1v) is 11.2. The van der Waals surface area contributed by atoms with Crippen molar-refractivity contribution in [1.29, 1.82) is 0 Å². The van der Waals surface area contributed by atoms with E-state index in [-0.39, 0.29) is 5.41 Å². The van der Waals surface area contributed by atoms with E-state index >= 15 is 0 Å². The highest BCUT2D eigenvalue weighted by molar-refractivity contribution is 5.54. The number of rotatable bonds is 4. The van der Waals surface area contributed by atoms with Gasteiger partial charge >= 0.3 is 0 Å². The maximum Gasteiger partial charge on any atom is 0.0396 e. The lowest BCUT2D eigenvalue weighted by atomic mass is 9.87. The number of hydrogen-bond donors (Lipinski definition) is 0. The molecule has 2 aliphatic rings. The van der Waals surface area contributed by atoms with Gasteiger partial charge < -0.3 is 4.90 Å². The first kappa shape index (κ1) is 20.5. The van der Waals surface area contributed by atoms with Gasteiger partial charge in [0.05, 0.1) is 0 Å². The summed E-state index contributed by atoms with van der Waals surface area (Å²) in [5.41, 5.74) is 7.86. The van der Waals surface area contributed by atoms with Gasteiger partial charge in [0.2, 0.25) is 0 Å². The molecule has 2 aromatic rings. The molecule has 1 heterocycles. The quantitative estimate of drug-likeness (QED) is 0.657. The summed E-state index contributed by atoms with van der Waals surface area (Å²) in [6.45, 7) is 22.3. The van der Waals surface area contributed by atoms with Crippen LogP contribution in [0.1, 0.15) is 49.9 Å². The fourth-order valence-corrected chi connectivity index (χ4v) is 6.12. The molecule has 0 bridgehead atoms. The molecule has 29 heavy (non-hydrogen) atoms. The van der Waals surface area contributed by atoms with Crippen molar-refractivity contribution in [2.24, 2.45) is 10.8 Å².